The number of halogens is 1. The van der Waals surface area contributed by atoms with Crippen molar-refractivity contribution in [3.05, 3.63) is 40.1 Å². The van der Waals surface area contributed by atoms with E-state index in [0.29, 0.717) is 16.6 Å². The Bertz CT molecular complexity index is 716. The van der Waals surface area contributed by atoms with Gasteiger partial charge in [-0.05, 0) is 18.2 Å². The molecule has 0 spiro atoms. The first-order chi connectivity index (χ1) is 8.63. The van der Waals surface area contributed by atoms with Crippen LogP contribution in [0.1, 0.15) is 11.5 Å². The van der Waals surface area contributed by atoms with E-state index in [0.717, 1.165) is 22.6 Å². The van der Waals surface area contributed by atoms with E-state index in [2.05, 4.69) is 14.5 Å². The molecule has 0 aliphatic rings. The quantitative estimate of drug-likeness (QED) is 0.784. The minimum atomic E-state index is 0.590. The number of nitrogen functional groups attached to an aromatic ring is 1. The van der Waals surface area contributed by atoms with E-state index < -0.39 is 0 Å². The number of nitrogens with two attached hydrogens (primary N) is 1. The molecule has 2 aromatic heterocycles. The molecule has 0 amide bonds. The first-order valence-corrected chi connectivity index (χ1v) is 6.70. The molecule has 1 aromatic carbocycles. The van der Waals surface area contributed by atoms with Crippen molar-refractivity contribution in [2.24, 2.45) is 7.05 Å². The van der Waals surface area contributed by atoms with Crippen molar-refractivity contribution >= 4 is 39.1 Å². The number of hydrogen-bond donors (Lipinski definition) is 1. The number of benzene rings is 1. The lowest BCUT2D eigenvalue weighted by Crippen LogP contribution is -1.99. The van der Waals surface area contributed by atoms with Gasteiger partial charge in [0.2, 0.25) is 0 Å². The summed E-state index contributed by atoms with van der Waals surface area (Å²) >= 11 is 7.41. The van der Waals surface area contributed by atoms with E-state index in [9.17, 15) is 0 Å². The number of aromatic nitrogens is 3. The maximum atomic E-state index is 5.97. The molecule has 2 heterocycles. The number of thiazole rings is 1. The van der Waals surface area contributed by atoms with Gasteiger partial charge in [0.15, 0.2) is 5.13 Å². The SMILES string of the molecule is Cn1c(Cc2csc(N)n2)nc2cc(Cl)ccc21. The fourth-order valence-electron chi connectivity index (χ4n) is 1.95. The topological polar surface area (TPSA) is 56.7 Å². The average molecular weight is 279 g/mol. The lowest BCUT2D eigenvalue weighted by Gasteiger charge is -1.99. The van der Waals surface area contributed by atoms with E-state index in [4.69, 9.17) is 17.3 Å². The van der Waals surface area contributed by atoms with Gasteiger partial charge in [-0.3, -0.25) is 0 Å². The van der Waals surface area contributed by atoms with Gasteiger partial charge in [0.25, 0.3) is 0 Å². The minimum absolute atomic E-state index is 0.590. The van der Waals surface area contributed by atoms with Gasteiger partial charge in [-0.15, -0.1) is 11.3 Å². The number of anilines is 1. The number of fused-ring (bicyclic) bond motifs is 1. The van der Waals surface area contributed by atoms with Crippen molar-refractivity contribution in [3.8, 4) is 0 Å². The standard InChI is InChI=1S/C12H11ClN4S/c1-17-10-3-2-7(13)4-9(10)16-11(17)5-8-6-18-12(14)15-8/h2-4,6H,5H2,1H3,(H2,14,15). The van der Waals surface area contributed by atoms with Crippen LogP contribution in [0.25, 0.3) is 11.0 Å². The normalized spacial score (nSPS) is 11.2. The Morgan fingerprint density at radius 2 is 2.22 bits per heavy atom. The number of hydrogen-bond acceptors (Lipinski definition) is 4. The van der Waals surface area contributed by atoms with Crippen LogP contribution in [0.5, 0.6) is 0 Å². The summed E-state index contributed by atoms with van der Waals surface area (Å²) in [6, 6.07) is 5.72. The molecular formula is C12H11ClN4S. The number of nitrogens with zero attached hydrogens (tertiary/aromatic N) is 3. The molecular weight excluding hydrogens is 268 g/mol. The summed E-state index contributed by atoms with van der Waals surface area (Å²) in [7, 11) is 1.99. The Hall–Kier alpha value is -1.59. The second-order valence-corrected chi connectivity index (χ2v) is 5.40. The molecule has 4 nitrogen and oxygen atoms in total. The predicted molar refractivity (Wildman–Crippen MR) is 75.1 cm³/mol. The Kier molecular flexibility index (Phi) is 2.72. The lowest BCUT2D eigenvalue weighted by molar-refractivity contribution is 0.836. The maximum absolute atomic E-state index is 5.97. The predicted octanol–water partition coefficient (Wildman–Crippen LogP) is 2.86. The highest BCUT2D eigenvalue weighted by molar-refractivity contribution is 7.13. The van der Waals surface area contributed by atoms with E-state index in [1.165, 1.54) is 11.3 Å². The summed E-state index contributed by atoms with van der Waals surface area (Å²) in [5, 5.41) is 3.25. The fourth-order valence-corrected chi connectivity index (χ4v) is 2.68. The molecule has 6 heteroatoms. The molecule has 18 heavy (non-hydrogen) atoms. The van der Waals surface area contributed by atoms with Crippen LogP contribution in [0.2, 0.25) is 5.02 Å². The molecule has 0 aliphatic heterocycles. The summed E-state index contributed by atoms with van der Waals surface area (Å²) in [6.07, 6.45) is 0.677. The second-order valence-electron chi connectivity index (χ2n) is 4.07. The van der Waals surface area contributed by atoms with Crippen molar-refractivity contribution in [1.29, 1.82) is 0 Å². The fraction of sp³-hybridized carbons (Fsp3) is 0.167. The first kappa shape index (κ1) is 11.5. The highest BCUT2D eigenvalue weighted by atomic mass is 35.5. The molecule has 0 bridgehead atoms. The van der Waals surface area contributed by atoms with Gasteiger partial charge < -0.3 is 10.3 Å². The van der Waals surface area contributed by atoms with Gasteiger partial charge in [-0.25, -0.2) is 9.97 Å². The van der Waals surface area contributed by atoms with Crippen LogP contribution in [0.4, 0.5) is 5.13 Å². The zero-order chi connectivity index (χ0) is 12.7. The van der Waals surface area contributed by atoms with Crippen LogP contribution in [0.15, 0.2) is 23.6 Å². The third-order valence-electron chi connectivity index (χ3n) is 2.84. The summed E-state index contributed by atoms with van der Waals surface area (Å²) in [6.45, 7) is 0. The number of imidazole rings is 1. The van der Waals surface area contributed by atoms with E-state index in [1.807, 2.05) is 30.6 Å². The van der Waals surface area contributed by atoms with Gasteiger partial charge in [0, 0.05) is 23.9 Å². The minimum Gasteiger partial charge on any atom is -0.375 e. The highest BCUT2D eigenvalue weighted by Gasteiger charge is 2.10. The third kappa shape index (κ3) is 1.95. The van der Waals surface area contributed by atoms with Gasteiger partial charge in [-0.1, -0.05) is 11.6 Å². The van der Waals surface area contributed by atoms with Crippen LogP contribution in [-0.2, 0) is 13.5 Å². The number of aryl methyl sites for hydroxylation is 1. The highest BCUT2D eigenvalue weighted by Crippen LogP contribution is 2.21. The molecule has 0 aliphatic carbocycles. The molecule has 0 saturated carbocycles. The van der Waals surface area contributed by atoms with Crippen LogP contribution in [0, 0.1) is 0 Å². The van der Waals surface area contributed by atoms with Crippen molar-refractivity contribution in [2.75, 3.05) is 5.73 Å². The van der Waals surface area contributed by atoms with Crippen molar-refractivity contribution in [2.45, 2.75) is 6.42 Å². The lowest BCUT2D eigenvalue weighted by atomic mass is 10.3. The smallest absolute Gasteiger partial charge is 0.180 e. The molecule has 0 fully saturated rings. The van der Waals surface area contributed by atoms with Crippen LogP contribution >= 0.6 is 22.9 Å². The summed E-state index contributed by atoms with van der Waals surface area (Å²) < 4.78 is 2.06. The zero-order valence-corrected chi connectivity index (χ0v) is 11.3. The Morgan fingerprint density at radius 1 is 1.39 bits per heavy atom. The van der Waals surface area contributed by atoms with Gasteiger partial charge >= 0.3 is 0 Å². The van der Waals surface area contributed by atoms with Gasteiger partial charge in [-0.2, -0.15) is 0 Å². The van der Waals surface area contributed by atoms with Crippen LogP contribution in [0.3, 0.4) is 0 Å². The summed E-state index contributed by atoms with van der Waals surface area (Å²) in [5.41, 5.74) is 8.55. The third-order valence-corrected chi connectivity index (χ3v) is 3.80. The van der Waals surface area contributed by atoms with Gasteiger partial charge in [0.1, 0.15) is 5.82 Å². The largest absolute Gasteiger partial charge is 0.375 e. The Balaban J connectivity index is 2.04. The molecule has 0 unspecified atom stereocenters. The van der Waals surface area contributed by atoms with Gasteiger partial charge in [0.05, 0.1) is 16.7 Å². The number of rotatable bonds is 2. The van der Waals surface area contributed by atoms with E-state index in [1.54, 1.807) is 0 Å². The first-order valence-electron chi connectivity index (χ1n) is 5.44. The summed E-state index contributed by atoms with van der Waals surface area (Å²) in [5.74, 6) is 0.956. The van der Waals surface area contributed by atoms with Crippen molar-refractivity contribution in [3.63, 3.8) is 0 Å². The molecule has 3 rings (SSSR count). The monoisotopic (exact) mass is 278 g/mol. The zero-order valence-electron chi connectivity index (χ0n) is 9.72. The molecule has 2 N–H and O–H groups in total. The van der Waals surface area contributed by atoms with E-state index in [-0.39, 0.29) is 0 Å². The second kappa shape index (κ2) is 4.26. The molecule has 0 atom stereocenters. The molecule has 92 valence electrons. The molecule has 3 aromatic rings. The average Bonchev–Trinajstić information content (AvgIpc) is 2.85. The molecule has 0 radical (unpaired) electrons. The maximum Gasteiger partial charge on any atom is 0.180 e. The summed E-state index contributed by atoms with van der Waals surface area (Å²) in [4.78, 5) is 8.83. The Morgan fingerprint density at radius 3 is 2.94 bits per heavy atom. The van der Waals surface area contributed by atoms with Crippen LogP contribution < -0.4 is 5.73 Å². The van der Waals surface area contributed by atoms with Crippen LogP contribution in [-0.4, -0.2) is 14.5 Å². The van der Waals surface area contributed by atoms with Crippen molar-refractivity contribution in [1.82, 2.24) is 14.5 Å². The van der Waals surface area contributed by atoms with Crippen molar-refractivity contribution < 1.29 is 0 Å². The Labute approximate surface area is 113 Å². The molecule has 0 saturated heterocycles. The van der Waals surface area contributed by atoms with E-state index >= 15 is 0 Å².